The summed E-state index contributed by atoms with van der Waals surface area (Å²) in [4.78, 5) is 2.34. The van der Waals surface area contributed by atoms with Gasteiger partial charge >= 0.3 is 0 Å². The third-order valence-electron chi connectivity index (χ3n) is 4.27. The molecule has 1 fully saturated rings. The number of hydrogen-bond donors (Lipinski definition) is 2. The average molecular weight is 293 g/mol. The highest BCUT2D eigenvalue weighted by atomic mass is 16.5. The fraction of sp³-hybridized carbons (Fsp3) is 0.647. The molecule has 0 aromatic heterocycles. The van der Waals surface area contributed by atoms with Gasteiger partial charge in [-0.1, -0.05) is 13.0 Å². The minimum atomic E-state index is 0.249. The van der Waals surface area contributed by atoms with Gasteiger partial charge in [0.25, 0.3) is 0 Å². The van der Waals surface area contributed by atoms with Crippen molar-refractivity contribution in [2.24, 2.45) is 5.92 Å². The van der Waals surface area contributed by atoms with Crippen molar-refractivity contribution in [3.63, 3.8) is 0 Å². The molecule has 0 bridgehead atoms. The van der Waals surface area contributed by atoms with Crippen LogP contribution in [0.3, 0.4) is 0 Å². The summed E-state index contributed by atoms with van der Waals surface area (Å²) in [5.41, 5.74) is 0.921. The van der Waals surface area contributed by atoms with Crippen molar-refractivity contribution in [3.05, 3.63) is 23.8 Å². The number of rotatable bonds is 6. The zero-order valence-electron chi connectivity index (χ0n) is 13.1. The summed E-state index contributed by atoms with van der Waals surface area (Å²) in [6, 6.07) is 6.05. The highest BCUT2D eigenvalue weighted by Gasteiger charge is 2.25. The Hall–Kier alpha value is -1.26. The van der Waals surface area contributed by atoms with Crippen LogP contribution >= 0.6 is 0 Å². The zero-order valence-corrected chi connectivity index (χ0v) is 13.1. The van der Waals surface area contributed by atoms with Crippen LogP contribution in [0.5, 0.6) is 11.5 Å². The smallest absolute Gasteiger partial charge is 0.123 e. The topological polar surface area (TPSA) is 52.9 Å². The molecule has 1 aliphatic rings. The van der Waals surface area contributed by atoms with Crippen molar-refractivity contribution in [1.82, 2.24) is 4.90 Å². The van der Waals surface area contributed by atoms with Crippen molar-refractivity contribution in [3.8, 4) is 11.5 Å². The number of phenolic OH excluding ortho intramolecular Hbond substituents is 1. The lowest BCUT2D eigenvalue weighted by atomic mass is 9.93. The fourth-order valence-corrected chi connectivity index (χ4v) is 2.84. The van der Waals surface area contributed by atoms with Crippen molar-refractivity contribution in [2.75, 3.05) is 19.8 Å². The van der Waals surface area contributed by atoms with E-state index in [4.69, 9.17) is 4.74 Å². The maximum Gasteiger partial charge on any atom is 0.123 e. The zero-order chi connectivity index (χ0) is 15.2. The molecule has 21 heavy (non-hydrogen) atoms. The highest BCUT2D eigenvalue weighted by molar-refractivity contribution is 5.39. The van der Waals surface area contributed by atoms with Crippen LogP contribution in [-0.4, -0.2) is 40.9 Å². The number of ether oxygens (including phenoxy) is 1. The molecule has 0 amide bonds. The van der Waals surface area contributed by atoms with E-state index >= 15 is 0 Å². The number of piperidine rings is 1. The van der Waals surface area contributed by atoms with Gasteiger partial charge in [-0.25, -0.2) is 0 Å². The molecule has 2 rings (SSSR count). The average Bonchev–Trinajstić information content (AvgIpc) is 2.49. The number of aliphatic hydroxyl groups excluding tert-OH is 1. The van der Waals surface area contributed by atoms with E-state index < -0.39 is 0 Å². The van der Waals surface area contributed by atoms with E-state index in [-0.39, 0.29) is 6.61 Å². The summed E-state index contributed by atoms with van der Waals surface area (Å²) in [5.74, 6) is 1.37. The Morgan fingerprint density at radius 1 is 1.33 bits per heavy atom. The van der Waals surface area contributed by atoms with Gasteiger partial charge in [-0.05, 0) is 38.2 Å². The Morgan fingerprint density at radius 2 is 2.14 bits per heavy atom. The molecule has 0 radical (unpaired) electrons. The first-order chi connectivity index (χ1) is 10.1. The van der Waals surface area contributed by atoms with Gasteiger partial charge in [0.15, 0.2) is 0 Å². The normalized spacial score (nSPS) is 23.2. The number of aromatic hydroxyl groups is 1. The molecular weight excluding hydrogens is 266 g/mol. The van der Waals surface area contributed by atoms with Crippen LogP contribution in [0.1, 0.15) is 38.7 Å². The monoisotopic (exact) mass is 293 g/mol. The Kier molecular flexibility index (Phi) is 5.88. The molecule has 2 N–H and O–H groups in total. The van der Waals surface area contributed by atoms with Crippen molar-refractivity contribution < 1.29 is 14.9 Å². The summed E-state index contributed by atoms with van der Waals surface area (Å²) in [7, 11) is 0. The number of nitrogens with zero attached hydrogens (tertiary/aromatic N) is 1. The third-order valence-corrected chi connectivity index (χ3v) is 4.27. The van der Waals surface area contributed by atoms with E-state index in [2.05, 4.69) is 18.7 Å². The van der Waals surface area contributed by atoms with Crippen molar-refractivity contribution in [1.29, 1.82) is 0 Å². The number of aliphatic hydroxyl groups is 1. The summed E-state index contributed by atoms with van der Waals surface area (Å²) >= 11 is 0. The number of phenols is 1. The quantitative estimate of drug-likeness (QED) is 0.847. The predicted molar refractivity (Wildman–Crippen MR) is 83.6 cm³/mol. The molecule has 2 atom stereocenters. The van der Waals surface area contributed by atoms with E-state index in [1.807, 2.05) is 12.1 Å². The van der Waals surface area contributed by atoms with E-state index in [0.29, 0.717) is 24.3 Å². The number of hydrogen-bond acceptors (Lipinski definition) is 4. The minimum Gasteiger partial charge on any atom is -0.507 e. The first-order valence-electron chi connectivity index (χ1n) is 7.93. The lowest BCUT2D eigenvalue weighted by Gasteiger charge is -2.37. The second-order valence-corrected chi connectivity index (χ2v) is 6.04. The number of likely N-dealkylation sites (tertiary alicyclic amines) is 1. The first kappa shape index (κ1) is 16.1. The predicted octanol–water partition coefficient (Wildman–Crippen LogP) is 2.77. The Labute approximate surface area is 127 Å². The molecule has 1 aromatic rings. The lowest BCUT2D eigenvalue weighted by Crippen LogP contribution is -2.42. The van der Waals surface area contributed by atoms with Crippen LogP contribution in [0, 0.1) is 5.92 Å². The molecule has 1 aromatic carbocycles. The van der Waals surface area contributed by atoms with Gasteiger partial charge in [0, 0.05) is 37.4 Å². The standard InChI is InChI=1S/C17H27NO3/c1-3-8-21-16-7-6-15(17(20)9-16)11-18-10-14(12-19)5-4-13(18)2/h6-7,9,13-14,19-20H,3-5,8,10-12H2,1-2H3. The molecule has 4 heteroatoms. The van der Waals surface area contributed by atoms with Gasteiger partial charge < -0.3 is 14.9 Å². The Balaban J connectivity index is 2.01. The summed E-state index contributed by atoms with van der Waals surface area (Å²) in [6.45, 7) is 6.80. The first-order valence-corrected chi connectivity index (χ1v) is 7.93. The van der Waals surface area contributed by atoms with E-state index in [9.17, 15) is 10.2 Å². The van der Waals surface area contributed by atoms with Crippen LogP contribution in [0.25, 0.3) is 0 Å². The molecular formula is C17H27NO3. The fourth-order valence-electron chi connectivity index (χ4n) is 2.84. The van der Waals surface area contributed by atoms with E-state index in [0.717, 1.165) is 43.7 Å². The van der Waals surface area contributed by atoms with Gasteiger partial charge in [0.05, 0.1) is 6.61 Å². The largest absolute Gasteiger partial charge is 0.507 e. The number of benzene rings is 1. The Morgan fingerprint density at radius 3 is 2.81 bits per heavy atom. The van der Waals surface area contributed by atoms with Crippen molar-refractivity contribution >= 4 is 0 Å². The van der Waals surface area contributed by atoms with E-state index in [1.165, 1.54) is 0 Å². The molecule has 0 spiro atoms. The summed E-state index contributed by atoms with van der Waals surface area (Å²) in [6.07, 6.45) is 3.14. The van der Waals surface area contributed by atoms with Crippen LogP contribution in [0.4, 0.5) is 0 Å². The lowest BCUT2D eigenvalue weighted by molar-refractivity contribution is 0.0766. The van der Waals surface area contributed by atoms with Crippen LogP contribution in [-0.2, 0) is 6.54 Å². The molecule has 0 aliphatic carbocycles. The van der Waals surface area contributed by atoms with Gasteiger partial charge in [0.2, 0.25) is 0 Å². The minimum absolute atomic E-state index is 0.249. The van der Waals surface area contributed by atoms with E-state index in [1.54, 1.807) is 6.07 Å². The molecule has 1 heterocycles. The maximum atomic E-state index is 10.2. The van der Waals surface area contributed by atoms with Gasteiger partial charge in [0.1, 0.15) is 11.5 Å². The van der Waals surface area contributed by atoms with Crippen LogP contribution < -0.4 is 4.74 Å². The van der Waals surface area contributed by atoms with Crippen molar-refractivity contribution in [2.45, 2.75) is 45.7 Å². The molecule has 2 unspecified atom stereocenters. The second-order valence-electron chi connectivity index (χ2n) is 6.04. The molecule has 1 aliphatic heterocycles. The van der Waals surface area contributed by atoms with Crippen LogP contribution in [0.2, 0.25) is 0 Å². The van der Waals surface area contributed by atoms with Gasteiger partial charge in [-0.2, -0.15) is 0 Å². The molecule has 0 saturated carbocycles. The molecule has 4 nitrogen and oxygen atoms in total. The second kappa shape index (κ2) is 7.66. The molecule has 118 valence electrons. The highest BCUT2D eigenvalue weighted by Crippen LogP contribution is 2.28. The van der Waals surface area contributed by atoms with Crippen LogP contribution in [0.15, 0.2) is 18.2 Å². The Bertz CT molecular complexity index is 450. The van der Waals surface area contributed by atoms with Gasteiger partial charge in [-0.3, -0.25) is 4.90 Å². The third kappa shape index (κ3) is 4.35. The molecule has 1 saturated heterocycles. The van der Waals surface area contributed by atoms with Gasteiger partial charge in [-0.15, -0.1) is 0 Å². The summed E-state index contributed by atoms with van der Waals surface area (Å²) < 4.78 is 5.53. The maximum absolute atomic E-state index is 10.2. The summed E-state index contributed by atoms with van der Waals surface area (Å²) in [5, 5.41) is 19.5. The SMILES string of the molecule is CCCOc1ccc(CN2CC(CO)CCC2C)c(O)c1.